The van der Waals surface area contributed by atoms with Crippen LogP contribution in [-0.2, 0) is 21.0 Å². The third-order valence-corrected chi connectivity index (χ3v) is 2.92. The summed E-state index contributed by atoms with van der Waals surface area (Å²) < 4.78 is 11.5. The summed E-state index contributed by atoms with van der Waals surface area (Å²) >= 11 is 0. The molecule has 3 N–H and O–H groups in total. The number of aromatic nitrogens is 1. The van der Waals surface area contributed by atoms with Gasteiger partial charge in [0.15, 0.2) is 12.4 Å². The van der Waals surface area contributed by atoms with Crippen molar-refractivity contribution in [1.29, 1.82) is 0 Å². The van der Waals surface area contributed by atoms with Crippen molar-refractivity contribution in [1.82, 2.24) is 11.0 Å². The maximum Gasteiger partial charge on any atom is 0.513 e. The van der Waals surface area contributed by atoms with Crippen molar-refractivity contribution < 1.29 is 33.7 Å². The van der Waals surface area contributed by atoms with Crippen LogP contribution in [0.25, 0.3) is 0 Å². The molecule has 0 aliphatic rings. The van der Waals surface area contributed by atoms with Gasteiger partial charge in [-0.05, 0) is 12.5 Å². The van der Waals surface area contributed by atoms with Crippen molar-refractivity contribution >= 4 is 12.1 Å². The van der Waals surface area contributed by atoms with Crippen molar-refractivity contribution in [2.24, 2.45) is 0 Å². The Kier molecular flexibility index (Phi) is 9.05. The molecule has 0 spiro atoms. The van der Waals surface area contributed by atoms with Crippen LogP contribution in [0.2, 0.25) is 0 Å². The Morgan fingerprint density at radius 2 is 2.29 bits per heavy atom. The van der Waals surface area contributed by atoms with Crippen LogP contribution in [-0.4, -0.2) is 36.5 Å². The molecular formula is C15H22N3O6+. The van der Waals surface area contributed by atoms with E-state index in [4.69, 9.17) is 14.7 Å². The van der Waals surface area contributed by atoms with E-state index in [9.17, 15) is 9.59 Å². The number of nitrogens with zero attached hydrogens (tertiary/aromatic N) is 1. The van der Waals surface area contributed by atoms with Gasteiger partial charge in [0.1, 0.15) is 11.7 Å². The largest absolute Gasteiger partial charge is 0.513 e. The molecule has 0 saturated carbocycles. The van der Waals surface area contributed by atoms with Gasteiger partial charge >= 0.3 is 6.16 Å². The summed E-state index contributed by atoms with van der Waals surface area (Å²) in [5.74, 6) is -0.328. The lowest BCUT2D eigenvalue weighted by Crippen LogP contribution is -2.38. The van der Waals surface area contributed by atoms with Crippen molar-refractivity contribution in [3.63, 3.8) is 0 Å². The number of rotatable bonds is 10. The van der Waals surface area contributed by atoms with E-state index in [-0.39, 0.29) is 25.8 Å². The van der Waals surface area contributed by atoms with Gasteiger partial charge in [0.25, 0.3) is 12.6 Å². The van der Waals surface area contributed by atoms with Crippen molar-refractivity contribution in [3.05, 3.63) is 42.7 Å². The summed E-state index contributed by atoms with van der Waals surface area (Å²) in [5.41, 5.74) is 1.90. The molecule has 9 heteroatoms. The van der Waals surface area contributed by atoms with E-state index in [0.29, 0.717) is 12.0 Å². The molecule has 0 saturated heterocycles. The number of amides is 1. The Labute approximate surface area is 139 Å². The van der Waals surface area contributed by atoms with Gasteiger partial charge < -0.3 is 14.8 Å². The van der Waals surface area contributed by atoms with E-state index < -0.39 is 12.3 Å². The monoisotopic (exact) mass is 340 g/mol. The van der Waals surface area contributed by atoms with Gasteiger partial charge in [0.05, 0.1) is 6.61 Å². The minimum atomic E-state index is -0.808. The standard InChI is InChI=1S/C15H21N3O6/c1-3-13(4-2)24-15(20)22-11-18-8-5-6-12(10-18)14(19)16-7-9-23-17-21/h3,5-6,8,10,13,17,21H,1,4,7,9,11H2,2H3/p+1/t13-/m1/s1. The average molecular weight is 340 g/mol. The molecule has 0 unspecified atom stereocenters. The van der Waals surface area contributed by atoms with Crippen molar-refractivity contribution in [2.45, 2.75) is 26.2 Å². The zero-order valence-corrected chi connectivity index (χ0v) is 13.4. The third-order valence-electron chi connectivity index (χ3n) is 2.92. The van der Waals surface area contributed by atoms with Gasteiger partial charge in [-0.3, -0.25) is 14.8 Å². The fraction of sp³-hybridized carbons (Fsp3) is 0.400. The number of pyridine rings is 1. The second kappa shape index (κ2) is 11.1. The van der Waals surface area contributed by atoms with E-state index in [1.165, 1.54) is 22.5 Å². The summed E-state index contributed by atoms with van der Waals surface area (Å²) in [6.45, 7) is 5.64. The minimum absolute atomic E-state index is 0.0922. The molecule has 1 atom stereocenters. The molecule has 132 valence electrons. The van der Waals surface area contributed by atoms with Crippen LogP contribution in [0.5, 0.6) is 0 Å². The number of hydrogen-bond donors (Lipinski definition) is 3. The summed E-state index contributed by atoms with van der Waals surface area (Å²) in [6.07, 6.45) is 4.10. The Morgan fingerprint density at radius 1 is 1.50 bits per heavy atom. The Hall–Kier alpha value is -2.49. The molecular weight excluding hydrogens is 318 g/mol. The van der Waals surface area contributed by atoms with Gasteiger partial charge in [-0.2, -0.15) is 4.57 Å². The molecule has 0 aromatic carbocycles. The zero-order chi connectivity index (χ0) is 17.8. The Morgan fingerprint density at radius 3 is 2.96 bits per heavy atom. The minimum Gasteiger partial charge on any atom is -0.427 e. The van der Waals surface area contributed by atoms with Crippen LogP contribution in [0.15, 0.2) is 37.2 Å². The predicted molar refractivity (Wildman–Crippen MR) is 81.7 cm³/mol. The summed E-state index contributed by atoms with van der Waals surface area (Å²) in [4.78, 5) is 27.9. The van der Waals surface area contributed by atoms with Crippen LogP contribution >= 0.6 is 0 Å². The number of nitrogens with one attached hydrogen (secondary N) is 2. The lowest BCUT2D eigenvalue weighted by Gasteiger charge is -2.10. The first kappa shape index (κ1) is 19.6. The van der Waals surface area contributed by atoms with Crippen LogP contribution in [0.1, 0.15) is 23.7 Å². The van der Waals surface area contributed by atoms with Crippen LogP contribution in [0.3, 0.4) is 0 Å². The van der Waals surface area contributed by atoms with Gasteiger partial charge in [-0.1, -0.05) is 25.2 Å². The highest BCUT2D eigenvalue weighted by Crippen LogP contribution is 2.01. The molecule has 1 rings (SSSR count). The summed E-state index contributed by atoms with van der Waals surface area (Å²) in [5, 5.41) is 10.8. The SMILES string of the molecule is C=C[C@H](CC)OC(=O)OC[n+]1cccc(C(=O)NCCONO)c1. The predicted octanol–water partition coefficient (Wildman–Crippen LogP) is 0.690. The van der Waals surface area contributed by atoms with Gasteiger partial charge in [0.2, 0.25) is 0 Å². The van der Waals surface area contributed by atoms with Crippen LogP contribution < -0.4 is 15.5 Å². The van der Waals surface area contributed by atoms with E-state index in [1.807, 2.05) is 6.92 Å². The molecule has 0 aliphatic carbocycles. The van der Waals surface area contributed by atoms with Gasteiger partial charge in [-0.15, -0.1) is 0 Å². The first-order valence-corrected chi connectivity index (χ1v) is 7.34. The molecule has 1 aromatic rings. The number of carbonyl (C=O) groups excluding carboxylic acids is 2. The van der Waals surface area contributed by atoms with E-state index in [1.54, 1.807) is 18.3 Å². The Bertz CT molecular complexity index is 552. The van der Waals surface area contributed by atoms with E-state index >= 15 is 0 Å². The average Bonchev–Trinajstić information content (AvgIpc) is 2.61. The van der Waals surface area contributed by atoms with Crippen molar-refractivity contribution in [2.75, 3.05) is 13.2 Å². The van der Waals surface area contributed by atoms with Crippen molar-refractivity contribution in [3.8, 4) is 0 Å². The number of hydrogen-bond acceptors (Lipinski definition) is 7. The lowest BCUT2D eigenvalue weighted by atomic mass is 10.2. The topological polar surface area (TPSA) is 110 Å². The summed E-state index contributed by atoms with van der Waals surface area (Å²) in [7, 11) is 0. The molecule has 1 amide bonds. The van der Waals surface area contributed by atoms with E-state index in [0.717, 1.165) is 0 Å². The second-order valence-corrected chi connectivity index (χ2v) is 4.63. The van der Waals surface area contributed by atoms with Crippen LogP contribution in [0, 0.1) is 0 Å². The van der Waals surface area contributed by atoms with Gasteiger partial charge in [0, 0.05) is 12.6 Å². The third kappa shape index (κ3) is 7.18. The fourth-order valence-corrected chi connectivity index (χ4v) is 1.68. The summed E-state index contributed by atoms with van der Waals surface area (Å²) in [6, 6.07) is 3.26. The smallest absolute Gasteiger partial charge is 0.427 e. The number of ether oxygens (including phenoxy) is 2. The lowest BCUT2D eigenvalue weighted by molar-refractivity contribution is -0.727. The maximum atomic E-state index is 11.9. The maximum absolute atomic E-state index is 11.9. The molecule has 0 radical (unpaired) electrons. The first-order valence-electron chi connectivity index (χ1n) is 7.34. The zero-order valence-electron chi connectivity index (χ0n) is 13.4. The molecule has 0 fully saturated rings. The normalized spacial score (nSPS) is 11.4. The second-order valence-electron chi connectivity index (χ2n) is 4.63. The highest BCUT2D eigenvalue weighted by molar-refractivity contribution is 5.93. The first-order chi connectivity index (χ1) is 11.6. The molecule has 9 nitrogen and oxygen atoms in total. The van der Waals surface area contributed by atoms with Gasteiger partial charge in [-0.25, -0.2) is 4.79 Å². The van der Waals surface area contributed by atoms with Crippen LogP contribution in [0.4, 0.5) is 4.79 Å². The fourth-order valence-electron chi connectivity index (χ4n) is 1.68. The number of carbonyl (C=O) groups is 2. The quantitative estimate of drug-likeness (QED) is 0.189. The molecule has 1 heterocycles. The highest BCUT2D eigenvalue weighted by atomic mass is 16.8. The molecule has 1 aromatic heterocycles. The van der Waals surface area contributed by atoms with E-state index in [2.05, 4.69) is 16.7 Å². The molecule has 0 aliphatic heterocycles. The molecule has 0 bridgehead atoms. The molecule has 24 heavy (non-hydrogen) atoms. The Balaban J connectivity index is 2.48. The highest BCUT2D eigenvalue weighted by Gasteiger charge is 2.14.